The molecule has 18 heteroatoms. The molecular formula is C23H23F2N9O4S3. The minimum absolute atomic E-state index is 0.0500. The summed E-state index contributed by atoms with van der Waals surface area (Å²) >= 11 is 0.642. The highest BCUT2D eigenvalue weighted by molar-refractivity contribution is 7.89. The highest BCUT2D eigenvalue weighted by Crippen LogP contribution is 2.39. The first-order chi connectivity index (χ1) is 19.4. The van der Waals surface area contributed by atoms with E-state index >= 15 is 0 Å². The number of benzene rings is 1. The van der Waals surface area contributed by atoms with Gasteiger partial charge in [0.25, 0.3) is 6.43 Å². The number of aromatic nitrogens is 5. The SMILES string of the molecule is CN(CCN1CCCS1(=O)=O)c1ncnc2c1c1ccc(S(=O)(=O)NC3(C#N)CC3)cc1n2-c1nnc(C(F)F)s1. The molecule has 0 atom stereocenters. The largest absolute Gasteiger partial charge is 0.358 e. The van der Waals surface area contributed by atoms with Gasteiger partial charge in [0.1, 0.15) is 17.7 Å². The number of hydrogen-bond acceptors (Lipinski definition) is 11. The van der Waals surface area contributed by atoms with E-state index in [-0.39, 0.29) is 28.0 Å². The Morgan fingerprint density at radius 1 is 1.27 bits per heavy atom. The molecule has 13 nitrogen and oxygen atoms in total. The maximum Gasteiger partial charge on any atom is 0.291 e. The van der Waals surface area contributed by atoms with Crippen molar-refractivity contribution in [3.05, 3.63) is 29.5 Å². The van der Waals surface area contributed by atoms with Gasteiger partial charge in [0.15, 0.2) is 10.7 Å². The first-order valence-electron chi connectivity index (χ1n) is 12.5. The van der Waals surface area contributed by atoms with Gasteiger partial charge in [0.05, 0.1) is 27.6 Å². The van der Waals surface area contributed by atoms with E-state index in [1.54, 1.807) is 18.0 Å². The molecule has 1 saturated heterocycles. The van der Waals surface area contributed by atoms with Crippen molar-refractivity contribution in [1.82, 2.24) is 33.8 Å². The van der Waals surface area contributed by atoms with Crippen molar-refractivity contribution in [1.29, 1.82) is 5.26 Å². The molecule has 1 aliphatic heterocycles. The Morgan fingerprint density at radius 2 is 2.05 bits per heavy atom. The first-order valence-corrected chi connectivity index (χ1v) is 16.4. The van der Waals surface area contributed by atoms with Crippen LogP contribution in [0.3, 0.4) is 0 Å². The Labute approximate surface area is 237 Å². The molecule has 2 aliphatic rings. The monoisotopic (exact) mass is 623 g/mol. The number of nitrogens with one attached hydrogen (secondary N) is 1. The van der Waals surface area contributed by atoms with E-state index in [0.717, 1.165) is 0 Å². The molecule has 41 heavy (non-hydrogen) atoms. The normalized spacial score (nSPS) is 18.3. The molecule has 0 spiro atoms. The number of anilines is 1. The van der Waals surface area contributed by atoms with Crippen LogP contribution >= 0.6 is 11.3 Å². The van der Waals surface area contributed by atoms with Gasteiger partial charge in [-0.05, 0) is 31.4 Å². The number of halogens is 2. The number of likely N-dealkylation sites (N-methyl/N-ethyl adjacent to an activating group) is 1. The Kier molecular flexibility index (Phi) is 6.69. The van der Waals surface area contributed by atoms with Gasteiger partial charge in [0.2, 0.25) is 25.2 Å². The van der Waals surface area contributed by atoms with E-state index in [9.17, 15) is 30.9 Å². The van der Waals surface area contributed by atoms with E-state index in [1.165, 1.54) is 27.3 Å². The average molecular weight is 624 g/mol. The fourth-order valence-electron chi connectivity index (χ4n) is 4.84. The van der Waals surface area contributed by atoms with Crippen LogP contribution in [-0.2, 0) is 20.0 Å². The highest BCUT2D eigenvalue weighted by atomic mass is 32.2. The number of sulfonamides is 2. The standard InChI is InChI=1S/C23H23F2N9O4S3/c1-32(8-9-33-7-2-10-40(33,35)36)19-17-15-4-3-14(41(37,38)31-23(12-26)5-6-23)11-16(15)34(20(17)28-13-27-19)22-30-29-21(39-22)18(24)25/h3-4,11,13,18,31H,2,5-10H2,1H3. The summed E-state index contributed by atoms with van der Waals surface area (Å²) in [6.45, 7) is 0.987. The predicted molar refractivity (Wildman–Crippen MR) is 146 cm³/mol. The van der Waals surface area contributed by atoms with Crippen molar-refractivity contribution in [2.75, 3.05) is 37.3 Å². The van der Waals surface area contributed by atoms with Crippen LogP contribution in [0.15, 0.2) is 29.4 Å². The van der Waals surface area contributed by atoms with Gasteiger partial charge in [-0.15, -0.1) is 10.2 Å². The lowest BCUT2D eigenvalue weighted by Gasteiger charge is -2.22. The lowest BCUT2D eigenvalue weighted by Crippen LogP contribution is -2.35. The van der Waals surface area contributed by atoms with Gasteiger partial charge in [-0.2, -0.15) is 9.98 Å². The summed E-state index contributed by atoms with van der Waals surface area (Å²) in [6.07, 6.45) is -0.204. The van der Waals surface area contributed by atoms with Crippen LogP contribution in [0, 0.1) is 11.3 Å². The zero-order valence-electron chi connectivity index (χ0n) is 21.5. The number of hydrogen-bond donors (Lipinski definition) is 1. The molecule has 1 N–H and O–H groups in total. The van der Waals surface area contributed by atoms with Crippen LogP contribution in [0.2, 0.25) is 0 Å². The van der Waals surface area contributed by atoms with E-state index < -0.39 is 37.0 Å². The topological polar surface area (TPSA) is 167 Å². The van der Waals surface area contributed by atoms with Gasteiger partial charge < -0.3 is 4.90 Å². The number of nitrogens with zero attached hydrogens (tertiary/aromatic N) is 8. The second-order valence-corrected chi connectivity index (χ2v) is 14.7. The van der Waals surface area contributed by atoms with Gasteiger partial charge in [-0.1, -0.05) is 17.4 Å². The minimum atomic E-state index is -4.11. The van der Waals surface area contributed by atoms with E-state index in [2.05, 4.69) is 24.9 Å². The van der Waals surface area contributed by atoms with Crippen molar-refractivity contribution in [2.24, 2.45) is 0 Å². The van der Waals surface area contributed by atoms with Crippen molar-refractivity contribution >= 4 is 59.1 Å². The van der Waals surface area contributed by atoms with Crippen LogP contribution < -0.4 is 9.62 Å². The molecular weight excluding hydrogens is 601 g/mol. The summed E-state index contributed by atoms with van der Waals surface area (Å²) in [5.74, 6) is 0.545. The smallest absolute Gasteiger partial charge is 0.291 e. The second kappa shape index (κ2) is 9.87. The Bertz CT molecular complexity index is 1930. The summed E-state index contributed by atoms with van der Waals surface area (Å²) < 4.78 is 83.1. The first kappa shape index (κ1) is 27.8. The fourth-order valence-corrected chi connectivity index (χ4v) is 8.47. The molecule has 0 radical (unpaired) electrons. The maximum atomic E-state index is 13.4. The number of fused-ring (bicyclic) bond motifs is 3. The third-order valence-electron chi connectivity index (χ3n) is 7.16. The van der Waals surface area contributed by atoms with Crippen molar-refractivity contribution < 1.29 is 25.6 Å². The fraction of sp³-hybridized carbons (Fsp3) is 0.435. The molecule has 2 fully saturated rings. The van der Waals surface area contributed by atoms with Gasteiger partial charge in [-0.3, -0.25) is 4.57 Å². The minimum Gasteiger partial charge on any atom is -0.358 e. The molecule has 0 bridgehead atoms. The Hall–Kier alpha value is -3.37. The summed E-state index contributed by atoms with van der Waals surface area (Å²) in [5, 5.41) is 17.5. The zero-order valence-corrected chi connectivity index (χ0v) is 24.0. The Balaban J connectivity index is 1.49. The highest BCUT2D eigenvalue weighted by Gasteiger charge is 2.47. The predicted octanol–water partition coefficient (Wildman–Crippen LogP) is 2.17. The lowest BCUT2D eigenvalue weighted by molar-refractivity contribution is 0.150. The van der Waals surface area contributed by atoms with Crippen LogP contribution in [-0.4, -0.2) is 83.8 Å². The third kappa shape index (κ3) is 4.91. The van der Waals surface area contributed by atoms with Crippen LogP contribution in [0.4, 0.5) is 14.6 Å². The van der Waals surface area contributed by atoms with E-state index in [0.29, 0.717) is 65.8 Å². The molecule has 216 valence electrons. The average Bonchev–Trinajstić information content (AvgIpc) is 3.23. The molecule has 1 aromatic carbocycles. The van der Waals surface area contributed by atoms with E-state index in [4.69, 9.17) is 0 Å². The molecule has 4 aromatic rings. The molecule has 1 saturated carbocycles. The summed E-state index contributed by atoms with van der Waals surface area (Å²) in [7, 11) is -5.66. The zero-order chi connectivity index (χ0) is 29.2. The van der Waals surface area contributed by atoms with Crippen LogP contribution in [0.5, 0.6) is 0 Å². The lowest BCUT2D eigenvalue weighted by atomic mass is 10.2. The van der Waals surface area contributed by atoms with E-state index in [1.807, 2.05) is 6.07 Å². The van der Waals surface area contributed by atoms with Gasteiger partial charge >= 0.3 is 0 Å². The molecule has 6 rings (SSSR count). The van der Waals surface area contributed by atoms with Crippen molar-refractivity contribution in [3.63, 3.8) is 0 Å². The van der Waals surface area contributed by atoms with Crippen LogP contribution in [0.1, 0.15) is 30.7 Å². The third-order valence-corrected chi connectivity index (χ3v) is 11.6. The van der Waals surface area contributed by atoms with Crippen LogP contribution in [0.25, 0.3) is 27.1 Å². The number of rotatable bonds is 9. The number of nitriles is 1. The molecule has 4 heterocycles. The van der Waals surface area contributed by atoms with Crippen molar-refractivity contribution in [2.45, 2.75) is 36.1 Å². The van der Waals surface area contributed by atoms with Crippen molar-refractivity contribution in [3.8, 4) is 11.2 Å². The Morgan fingerprint density at radius 3 is 2.68 bits per heavy atom. The molecule has 0 amide bonds. The second-order valence-electron chi connectivity index (χ2n) is 9.92. The summed E-state index contributed by atoms with van der Waals surface area (Å²) in [5.41, 5.74) is -0.560. The summed E-state index contributed by atoms with van der Waals surface area (Å²) in [6, 6.07) is 6.32. The molecule has 3 aromatic heterocycles. The summed E-state index contributed by atoms with van der Waals surface area (Å²) in [4.78, 5) is 10.5. The molecule has 1 aliphatic carbocycles. The molecule has 0 unspecified atom stereocenters. The van der Waals surface area contributed by atoms with Gasteiger partial charge in [-0.25, -0.2) is 39.9 Å². The maximum absolute atomic E-state index is 13.4. The van der Waals surface area contributed by atoms with Gasteiger partial charge in [0, 0.05) is 32.1 Å². The number of alkyl halides is 2. The quantitative estimate of drug-likeness (QED) is 0.292.